The number of nitrogens with one attached hydrogen (secondary N) is 2. The van der Waals surface area contributed by atoms with Gasteiger partial charge in [0.05, 0.1) is 10.6 Å². The quantitative estimate of drug-likeness (QED) is 0.662. The van der Waals surface area contributed by atoms with Crippen molar-refractivity contribution < 1.29 is 9.18 Å². The highest BCUT2D eigenvalue weighted by molar-refractivity contribution is 7.16. The molecule has 1 aromatic heterocycles. The summed E-state index contributed by atoms with van der Waals surface area (Å²) in [6, 6.07) is 4.57. The van der Waals surface area contributed by atoms with Crippen LogP contribution in [0.3, 0.4) is 0 Å². The number of rotatable bonds is 3. The van der Waals surface area contributed by atoms with Crippen molar-refractivity contribution in [2.75, 3.05) is 5.32 Å². The third-order valence-electron chi connectivity index (χ3n) is 6.35. The van der Waals surface area contributed by atoms with Gasteiger partial charge in [0.15, 0.2) is 0 Å². The van der Waals surface area contributed by atoms with Crippen molar-refractivity contribution in [2.45, 2.75) is 52.6 Å². The Bertz CT molecular complexity index is 888. The molecule has 1 aromatic carbocycles. The molecule has 0 unspecified atom stereocenters. The van der Waals surface area contributed by atoms with Crippen LogP contribution in [0.1, 0.15) is 66.1 Å². The van der Waals surface area contributed by atoms with E-state index in [-0.39, 0.29) is 11.5 Å². The SMILES string of the molecule is CCC(C)(C)[C@@H]1CCc2c(sc3c2C(=O)N[C@H](c2c(F)cccc2Cl)N3)C1. The number of fused-ring (bicyclic) bond motifs is 3. The Balaban J connectivity index is 1.67. The lowest BCUT2D eigenvalue weighted by atomic mass is 9.69. The number of carbonyl (C=O) groups is 1. The monoisotopic (exact) mass is 406 g/mol. The Morgan fingerprint density at radius 2 is 2.11 bits per heavy atom. The van der Waals surface area contributed by atoms with E-state index in [0.717, 1.165) is 36.2 Å². The van der Waals surface area contributed by atoms with Gasteiger partial charge in [0.25, 0.3) is 5.91 Å². The summed E-state index contributed by atoms with van der Waals surface area (Å²) in [5, 5.41) is 7.35. The number of anilines is 1. The maximum Gasteiger partial charge on any atom is 0.256 e. The van der Waals surface area contributed by atoms with E-state index in [1.807, 2.05) is 0 Å². The van der Waals surface area contributed by atoms with Crippen LogP contribution in [0, 0.1) is 17.2 Å². The third-order valence-corrected chi connectivity index (χ3v) is 7.86. The average Bonchev–Trinajstić information content (AvgIpc) is 2.99. The van der Waals surface area contributed by atoms with E-state index in [9.17, 15) is 9.18 Å². The second-order valence-corrected chi connectivity index (χ2v) is 9.69. The predicted molar refractivity (Wildman–Crippen MR) is 109 cm³/mol. The molecule has 3 nitrogen and oxygen atoms in total. The first-order valence-electron chi connectivity index (χ1n) is 9.47. The molecular formula is C21H24ClFN2OS. The fourth-order valence-electron chi connectivity index (χ4n) is 4.18. The van der Waals surface area contributed by atoms with Gasteiger partial charge in [-0.15, -0.1) is 11.3 Å². The van der Waals surface area contributed by atoms with E-state index in [4.69, 9.17) is 11.6 Å². The van der Waals surface area contributed by atoms with Gasteiger partial charge in [-0.2, -0.15) is 0 Å². The van der Waals surface area contributed by atoms with Crippen LogP contribution in [0.15, 0.2) is 18.2 Å². The highest BCUT2D eigenvalue weighted by atomic mass is 35.5. The Morgan fingerprint density at radius 1 is 1.33 bits per heavy atom. The van der Waals surface area contributed by atoms with Gasteiger partial charge in [-0.3, -0.25) is 4.79 Å². The number of carbonyl (C=O) groups excluding carboxylic acids is 1. The van der Waals surface area contributed by atoms with Crippen molar-refractivity contribution in [1.29, 1.82) is 0 Å². The summed E-state index contributed by atoms with van der Waals surface area (Å²) in [6.07, 6.45) is 3.53. The molecule has 27 heavy (non-hydrogen) atoms. The normalized spacial score (nSPS) is 21.9. The molecule has 1 amide bonds. The van der Waals surface area contributed by atoms with Crippen molar-refractivity contribution in [3.8, 4) is 0 Å². The number of halogens is 2. The standard InChI is InChI=1S/C21H24ClFN2OS/c1-4-21(2,3)11-8-9-12-15(10-11)27-20-16(12)19(26)24-18(25-20)17-13(22)6-5-7-14(17)23/h5-7,11,18,25H,4,8-10H2,1-3H3,(H,24,26)/t11-,18+/m1/s1. The van der Waals surface area contributed by atoms with Crippen LogP contribution in [0.25, 0.3) is 0 Å². The maximum absolute atomic E-state index is 14.3. The van der Waals surface area contributed by atoms with Crippen LogP contribution in [-0.4, -0.2) is 5.91 Å². The summed E-state index contributed by atoms with van der Waals surface area (Å²) in [4.78, 5) is 14.1. The number of hydrogen-bond acceptors (Lipinski definition) is 3. The average molecular weight is 407 g/mol. The van der Waals surface area contributed by atoms with Crippen LogP contribution in [-0.2, 0) is 12.8 Å². The van der Waals surface area contributed by atoms with Gasteiger partial charge in [-0.25, -0.2) is 4.39 Å². The van der Waals surface area contributed by atoms with E-state index in [0.29, 0.717) is 16.4 Å². The smallest absolute Gasteiger partial charge is 0.256 e. The highest BCUT2D eigenvalue weighted by Crippen LogP contribution is 2.47. The molecule has 2 atom stereocenters. The Morgan fingerprint density at radius 3 is 2.81 bits per heavy atom. The maximum atomic E-state index is 14.3. The minimum absolute atomic E-state index is 0.140. The highest BCUT2D eigenvalue weighted by Gasteiger charge is 2.38. The van der Waals surface area contributed by atoms with Gasteiger partial charge in [-0.1, -0.05) is 44.9 Å². The summed E-state index contributed by atoms with van der Waals surface area (Å²) < 4.78 is 14.3. The lowest BCUT2D eigenvalue weighted by Gasteiger charge is -2.36. The minimum atomic E-state index is -0.651. The van der Waals surface area contributed by atoms with Crippen LogP contribution >= 0.6 is 22.9 Å². The first-order chi connectivity index (χ1) is 12.8. The predicted octanol–water partition coefficient (Wildman–Crippen LogP) is 5.94. The van der Waals surface area contributed by atoms with E-state index >= 15 is 0 Å². The first kappa shape index (κ1) is 18.8. The fraction of sp³-hybridized carbons (Fsp3) is 0.476. The molecule has 0 radical (unpaired) electrons. The van der Waals surface area contributed by atoms with E-state index in [1.165, 1.54) is 16.5 Å². The van der Waals surface area contributed by atoms with Gasteiger partial charge < -0.3 is 10.6 Å². The lowest BCUT2D eigenvalue weighted by Crippen LogP contribution is -2.39. The zero-order chi connectivity index (χ0) is 19.3. The van der Waals surface area contributed by atoms with E-state index < -0.39 is 12.0 Å². The fourth-order valence-corrected chi connectivity index (χ4v) is 5.81. The van der Waals surface area contributed by atoms with Crippen molar-refractivity contribution in [3.63, 3.8) is 0 Å². The number of amides is 1. The molecular weight excluding hydrogens is 383 g/mol. The molecule has 6 heteroatoms. The molecule has 0 bridgehead atoms. The lowest BCUT2D eigenvalue weighted by molar-refractivity contribution is 0.0934. The molecule has 144 valence electrons. The summed E-state index contributed by atoms with van der Waals surface area (Å²) in [5.74, 6) is 0.0589. The zero-order valence-corrected chi connectivity index (χ0v) is 17.4. The molecule has 1 aliphatic carbocycles. The van der Waals surface area contributed by atoms with Crippen LogP contribution in [0.5, 0.6) is 0 Å². The van der Waals surface area contributed by atoms with Crippen LogP contribution < -0.4 is 10.6 Å². The molecule has 1 aliphatic heterocycles. The van der Waals surface area contributed by atoms with Crippen LogP contribution in [0.2, 0.25) is 5.02 Å². The second-order valence-electron chi connectivity index (χ2n) is 8.18. The summed E-state index contributed by atoms with van der Waals surface area (Å²) in [6.45, 7) is 6.90. The molecule has 2 aromatic rings. The number of hydrogen-bond donors (Lipinski definition) is 2. The third kappa shape index (κ3) is 3.15. The van der Waals surface area contributed by atoms with Crippen LogP contribution in [0.4, 0.5) is 9.39 Å². The summed E-state index contributed by atoms with van der Waals surface area (Å²) in [7, 11) is 0. The summed E-state index contributed by atoms with van der Waals surface area (Å²) in [5.41, 5.74) is 2.49. The molecule has 0 spiro atoms. The Kier molecular flexibility index (Phi) is 4.71. The van der Waals surface area contributed by atoms with Gasteiger partial charge in [0.1, 0.15) is 17.0 Å². The van der Waals surface area contributed by atoms with Crippen molar-refractivity contribution in [3.05, 3.63) is 50.6 Å². The molecule has 0 saturated heterocycles. The van der Waals surface area contributed by atoms with E-state index in [2.05, 4.69) is 31.4 Å². The number of thiophene rings is 1. The molecule has 2 N–H and O–H groups in total. The molecule has 2 heterocycles. The number of benzene rings is 1. The van der Waals surface area contributed by atoms with Crippen molar-refractivity contribution in [1.82, 2.24) is 5.32 Å². The van der Waals surface area contributed by atoms with Crippen molar-refractivity contribution >= 4 is 33.8 Å². The molecule has 0 saturated carbocycles. The molecule has 2 aliphatic rings. The summed E-state index contributed by atoms with van der Waals surface area (Å²) >= 11 is 7.84. The van der Waals surface area contributed by atoms with E-state index in [1.54, 1.807) is 23.5 Å². The minimum Gasteiger partial charge on any atom is -0.352 e. The van der Waals surface area contributed by atoms with Gasteiger partial charge >= 0.3 is 0 Å². The molecule has 4 rings (SSSR count). The zero-order valence-electron chi connectivity index (χ0n) is 15.8. The Labute approximate surface area is 168 Å². The largest absolute Gasteiger partial charge is 0.352 e. The van der Waals surface area contributed by atoms with Gasteiger partial charge in [-0.05, 0) is 48.3 Å². The topological polar surface area (TPSA) is 41.1 Å². The molecule has 0 fully saturated rings. The second kappa shape index (κ2) is 6.78. The van der Waals surface area contributed by atoms with Gasteiger partial charge in [0.2, 0.25) is 0 Å². The Hall–Kier alpha value is -1.59. The van der Waals surface area contributed by atoms with Crippen molar-refractivity contribution in [2.24, 2.45) is 11.3 Å². The van der Waals surface area contributed by atoms with Gasteiger partial charge in [0, 0.05) is 10.4 Å². The first-order valence-corrected chi connectivity index (χ1v) is 10.7.